The van der Waals surface area contributed by atoms with Gasteiger partial charge in [0, 0.05) is 6.54 Å². The van der Waals surface area contributed by atoms with Crippen molar-refractivity contribution in [1.29, 1.82) is 0 Å². The zero-order chi connectivity index (χ0) is 14.7. The fourth-order valence-electron chi connectivity index (χ4n) is 1.90. The molecular formula is C14H15BrClFN2O. The van der Waals surface area contributed by atoms with E-state index in [4.69, 9.17) is 16.3 Å². The third-order valence-corrected chi connectivity index (χ3v) is 4.18. The molecule has 0 bridgehead atoms. The van der Waals surface area contributed by atoms with Crippen molar-refractivity contribution in [1.82, 2.24) is 9.78 Å². The van der Waals surface area contributed by atoms with Gasteiger partial charge < -0.3 is 4.74 Å². The van der Waals surface area contributed by atoms with E-state index in [2.05, 4.69) is 21.0 Å². The molecule has 0 atom stereocenters. The molecule has 1 aromatic heterocycles. The lowest BCUT2D eigenvalue weighted by Crippen LogP contribution is -2.07. The van der Waals surface area contributed by atoms with Crippen molar-refractivity contribution in [3.8, 4) is 5.75 Å². The molecule has 1 aromatic carbocycles. The number of nitrogens with zero attached hydrogens (tertiary/aromatic N) is 2. The van der Waals surface area contributed by atoms with Crippen LogP contribution in [0.1, 0.15) is 25.2 Å². The molecule has 0 unspecified atom stereocenters. The lowest BCUT2D eigenvalue weighted by Gasteiger charge is -2.09. The molecule has 6 heteroatoms. The number of aromatic nitrogens is 2. The van der Waals surface area contributed by atoms with Gasteiger partial charge in [0.1, 0.15) is 6.61 Å². The minimum Gasteiger partial charge on any atom is -0.484 e. The van der Waals surface area contributed by atoms with E-state index in [-0.39, 0.29) is 17.4 Å². The summed E-state index contributed by atoms with van der Waals surface area (Å²) in [6.07, 6.45) is 0.826. The molecule has 0 N–H and O–H groups in total. The molecule has 2 aromatic rings. The SMILES string of the molecule is CCc1nn(CC)c(COc2cccc(Cl)c2F)c1Br. The molecule has 0 aliphatic heterocycles. The van der Waals surface area contributed by atoms with E-state index < -0.39 is 5.82 Å². The van der Waals surface area contributed by atoms with Crippen LogP contribution in [-0.4, -0.2) is 9.78 Å². The van der Waals surface area contributed by atoms with Crippen LogP contribution in [0.5, 0.6) is 5.75 Å². The van der Waals surface area contributed by atoms with E-state index in [9.17, 15) is 4.39 Å². The second-order valence-electron chi connectivity index (χ2n) is 4.22. The van der Waals surface area contributed by atoms with E-state index in [1.807, 2.05) is 18.5 Å². The Morgan fingerprint density at radius 3 is 2.80 bits per heavy atom. The first kappa shape index (κ1) is 15.3. The molecule has 0 amide bonds. The van der Waals surface area contributed by atoms with E-state index >= 15 is 0 Å². The van der Waals surface area contributed by atoms with Crippen molar-refractivity contribution in [2.45, 2.75) is 33.4 Å². The third kappa shape index (κ3) is 2.99. The van der Waals surface area contributed by atoms with Gasteiger partial charge in [-0.25, -0.2) is 4.39 Å². The first-order valence-electron chi connectivity index (χ1n) is 6.39. The Morgan fingerprint density at radius 2 is 2.15 bits per heavy atom. The summed E-state index contributed by atoms with van der Waals surface area (Å²) in [6.45, 7) is 5.00. The maximum Gasteiger partial charge on any atom is 0.183 e. The van der Waals surface area contributed by atoms with Crippen molar-refractivity contribution in [2.24, 2.45) is 0 Å². The van der Waals surface area contributed by atoms with Crippen molar-refractivity contribution in [3.05, 3.63) is 44.9 Å². The third-order valence-electron chi connectivity index (χ3n) is 2.97. The smallest absolute Gasteiger partial charge is 0.183 e. The number of benzene rings is 1. The van der Waals surface area contributed by atoms with Crippen LogP contribution in [0, 0.1) is 5.82 Å². The van der Waals surface area contributed by atoms with Crippen LogP contribution in [-0.2, 0) is 19.6 Å². The standard InChI is InChI=1S/C14H15BrClFN2O/c1-3-10-13(15)11(19(4-2)18-10)8-20-12-7-5-6-9(16)14(12)17/h5-7H,3-4,8H2,1-2H3. The van der Waals surface area contributed by atoms with Crippen molar-refractivity contribution in [2.75, 3.05) is 0 Å². The Morgan fingerprint density at radius 1 is 1.40 bits per heavy atom. The molecule has 2 rings (SSSR count). The van der Waals surface area contributed by atoms with Crippen LogP contribution in [0.15, 0.2) is 22.7 Å². The Labute approximate surface area is 130 Å². The number of hydrogen-bond donors (Lipinski definition) is 0. The molecule has 1 heterocycles. The summed E-state index contributed by atoms with van der Waals surface area (Å²) in [5.74, 6) is -0.394. The Bertz CT molecular complexity index is 615. The largest absolute Gasteiger partial charge is 0.484 e. The van der Waals surface area contributed by atoms with Gasteiger partial charge in [-0.2, -0.15) is 5.10 Å². The van der Waals surface area contributed by atoms with Crippen LogP contribution in [0.4, 0.5) is 4.39 Å². The highest BCUT2D eigenvalue weighted by atomic mass is 79.9. The lowest BCUT2D eigenvalue weighted by atomic mass is 10.3. The summed E-state index contributed by atoms with van der Waals surface area (Å²) in [5, 5.41) is 4.52. The zero-order valence-electron chi connectivity index (χ0n) is 11.3. The summed E-state index contributed by atoms with van der Waals surface area (Å²) in [4.78, 5) is 0. The van der Waals surface area contributed by atoms with Crippen molar-refractivity contribution < 1.29 is 9.13 Å². The van der Waals surface area contributed by atoms with Gasteiger partial charge in [-0.05, 0) is 41.4 Å². The first-order chi connectivity index (χ1) is 9.58. The summed E-state index contributed by atoms with van der Waals surface area (Å²) < 4.78 is 22.1. The average molecular weight is 362 g/mol. The number of aryl methyl sites for hydroxylation is 2. The quantitative estimate of drug-likeness (QED) is 0.778. The molecule has 108 valence electrons. The number of halogens is 3. The van der Waals surface area contributed by atoms with Crippen LogP contribution in [0.3, 0.4) is 0 Å². The molecule has 0 aliphatic carbocycles. The first-order valence-corrected chi connectivity index (χ1v) is 7.56. The van der Waals surface area contributed by atoms with Crippen molar-refractivity contribution >= 4 is 27.5 Å². The summed E-state index contributed by atoms with van der Waals surface area (Å²) in [6, 6.07) is 4.71. The van der Waals surface area contributed by atoms with Gasteiger partial charge in [0.05, 0.1) is 20.9 Å². The predicted octanol–water partition coefficient (Wildman–Crippen LogP) is 4.60. The molecule has 0 saturated carbocycles. The zero-order valence-corrected chi connectivity index (χ0v) is 13.6. The van der Waals surface area contributed by atoms with Gasteiger partial charge in [0.25, 0.3) is 0 Å². The van der Waals surface area contributed by atoms with Crippen molar-refractivity contribution in [3.63, 3.8) is 0 Å². The highest BCUT2D eigenvalue weighted by Crippen LogP contribution is 2.27. The van der Waals surface area contributed by atoms with Gasteiger partial charge in [0.2, 0.25) is 0 Å². The molecule has 20 heavy (non-hydrogen) atoms. The fraction of sp³-hybridized carbons (Fsp3) is 0.357. The van der Waals surface area contributed by atoms with E-state index in [0.29, 0.717) is 0 Å². The second-order valence-corrected chi connectivity index (χ2v) is 5.42. The van der Waals surface area contributed by atoms with E-state index in [1.54, 1.807) is 12.1 Å². The van der Waals surface area contributed by atoms with Gasteiger partial charge in [0.15, 0.2) is 11.6 Å². The van der Waals surface area contributed by atoms with Gasteiger partial charge in [-0.1, -0.05) is 24.6 Å². The van der Waals surface area contributed by atoms with Gasteiger partial charge in [-0.3, -0.25) is 4.68 Å². The summed E-state index contributed by atoms with van der Waals surface area (Å²) >= 11 is 9.26. The highest BCUT2D eigenvalue weighted by Gasteiger charge is 2.15. The average Bonchev–Trinajstić information content (AvgIpc) is 2.76. The molecule has 0 fully saturated rings. The van der Waals surface area contributed by atoms with Gasteiger partial charge in [-0.15, -0.1) is 0 Å². The van der Waals surface area contributed by atoms with Gasteiger partial charge >= 0.3 is 0 Å². The van der Waals surface area contributed by atoms with Crippen LogP contribution in [0.2, 0.25) is 5.02 Å². The second kappa shape index (κ2) is 6.59. The highest BCUT2D eigenvalue weighted by molar-refractivity contribution is 9.10. The normalized spacial score (nSPS) is 10.8. The molecular weight excluding hydrogens is 347 g/mol. The molecule has 0 radical (unpaired) electrons. The topological polar surface area (TPSA) is 27.1 Å². The number of ether oxygens (including phenoxy) is 1. The Kier molecular flexibility index (Phi) is 5.05. The fourth-order valence-corrected chi connectivity index (χ4v) is 2.74. The number of hydrogen-bond acceptors (Lipinski definition) is 2. The lowest BCUT2D eigenvalue weighted by molar-refractivity contribution is 0.277. The minimum atomic E-state index is -0.538. The molecule has 0 spiro atoms. The number of rotatable bonds is 5. The summed E-state index contributed by atoms with van der Waals surface area (Å²) in [5.41, 5.74) is 1.86. The van der Waals surface area contributed by atoms with Crippen LogP contribution in [0.25, 0.3) is 0 Å². The van der Waals surface area contributed by atoms with E-state index in [0.717, 1.165) is 28.8 Å². The van der Waals surface area contributed by atoms with E-state index in [1.165, 1.54) is 6.07 Å². The Hall–Kier alpha value is -1.07. The minimum absolute atomic E-state index is 0.0554. The molecule has 3 nitrogen and oxygen atoms in total. The monoisotopic (exact) mass is 360 g/mol. The maximum atomic E-state index is 13.8. The molecule has 0 aliphatic rings. The Balaban J connectivity index is 2.22. The predicted molar refractivity (Wildman–Crippen MR) is 80.7 cm³/mol. The maximum absolute atomic E-state index is 13.8. The summed E-state index contributed by atoms with van der Waals surface area (Å²) in [7, 11) is 0. The van der Waals surface area contributed by atoms with Crippen LogP contribution >= 0.6 is 27.5 Å². The molecule has 0 saturated heterocycles. The van der Waals surface area contributed by atoms with Crippen LogP contribution < -0.4 is 4.74 Å².